The van der Waals surface area contributed by atoms with Gasteiger partial charge in [0, 0.05) is 44.3 Å². The average Bonchev–Trinajstić information content (AvgIpc) is 2.93. The van der Waals surface area contributed by atoms with E-state index in [2.05, 4.69) is 60.0 Å². The van der Waals surface area contributed by atoms with E-state index >= 15 is 0 Å². The Morgan fingerprint density at radius 2 is 1.83 bits per heavy atom. The number of nitrogens with one attached hydrogen (secondary N) is 2. The summed E-state index contributed by atoms with van der Waals surface area (Å²) in [6.07, 6.45) is 4.05. The zero-order valence-corrected chi connectivity index (χ0v) is 16.7. The van der Waals surface area contributed by atoms with Crippen LogP contribution in [0.3, 0.4) is 0 Å². The first kappa shape index (κ1) is 19.5. The lowest BCUT2D eigenvalue weighted by molar-refractivity contribution is 0.0981. The lowest BCUT2D eigenvalue weighted by atomic mass is 9.98. The Morgan fingerprint density at radius 1 is 1.17 bits per heavy atom. The molecule has 2 aliphatic heterocycles. The van der Waals surface area contributed by atoms with E-state index in [-0.39, 0.29) is 5.54 Å². The number of aliphatic imine (C=N–C) groups is 1. The summed E-state index contributed by atoms with van der Waals surface area (Å²) >= 11 is 0. The summed E-state index contributed by atoms with van der Waals surface area (Å²) < 4.78 is 0. The van der Waals surface area contributed by atoms with Crippen LogP contribution in [0.1, 0.15) is 53.9 Å². The molecule has 2 aliphatic rings. The predicted octanol–water partition coefficient (Wildman–Crippen LogP) is 2.14. The van der Waals surface area contributed by atoms with Crippen molar-refractivity contribution in [3.05, 3.63) is 0 Å². The summed E-state index contributed by atoms with van der Waals surface area (Å²) in [5, 5.41) is 7.23. The summed E-state index contributed by atoms with van der Waals surface area (Å²) in [6, 6.07) is 1.10. The fourth-order valence-electron chi connectivity index (χ4n) is 3.90. The average molecular weight is 338 g/mol. The van der Waals surface area contributed by atoms with Gasteiger partial charge in [-0.2, -0.15) is 0 Å². The Hall–Kier alpha value is -0.810. The molecule has 0 amide bonds. The molecule has 2 N–H and O–H groups in total. The molecule has 2 fully saturated rings. The molecule has 2 atom stereocenters. The molecular formula is C19H39N5. The predicted molar refractivity (Wildman–Crippen MR) is 104 cm³/mol. The summed E-state index contributed by atoms with van der Waals surface area (Å²) in [5.41, 5.74) is 0.170. The van der Waals surface area contributed by atoms with Crippen molar-refractivity contribution in [2.75, 3.05) is 39.8 Å². The molecule has 0 saturated carbocycles. The van der Waals surface area contributed by atoms with E-state index in [1.807, 2.05) is 7.05 Å². The van der Waals surface area contributed by atoms with Crippen LogP contribution in [0.25, 0.3) is 0 Å². The van der Waals surface area contributed by atoms with Crippen LogP contribution in [0.4, 0.5) is 0 Å². The second kappa shape index (κ2) is 8.52. The molecule has 0 radical (unpaired) electrons. The number of hydrogen-bond acceptors (Lipinski definition) is 3. The highest BCUT2D eigenvalue weighted by molar-refractivity contribution is 5.80. The first-order chi connectivity index (χ1) is 11.3. The summed E-state index contributed by atoms with van der Waals surface area (Å²) in [7, 11) is 1.88. The van der Waals surface area contributed by atoms with Gasteiger partial charge in [-0.15, -0.1) is 0 Å². The Bertz CT molecular complexity index is 412. The maximum atomic E-state index is 4.46. The molecule has 2 heterocycles. The quantitative estimate of drug-likeness (QED) is 0.596. The highest BCUT2D eigenvalue weighted by Crippen LogP contribution is 2.20. The summed E-state index contributed by atoms with van der Waals surface area (Å²) in [6.45, 7) is 17.3. The molecule has 24 heavy (non-hydrogen) atoms. The Labute approximate surface area is 149 Å². The fraction of sp³-hybridized carbons (Fsp3) is 0.947. The molecular weight excluding hydrogens is 298 g/mol. The zero-order valence-electron chi connectivity index (χ0n) is 16.7. The molecule has 140 valence electrons. The van der Waals surface area contributed by atoms with Crippen LogP contribution in [-0.4, -0.2) is 73.2 Å². The second-order valence-corrected chi connectivity index (χ2v) is 8.56. The van der Waals surface area contributed by atoms with Gasteiger partial charge < -0.3 is 10.6 Å². The molecule has 0 bridgehead atoms. The topological polar surface area (TPSA) is 42.9 Å². The third kappa shape index (κ3) is 5.09. The minimum Gasteiger partial charge on any atom is -0.355 e. The molecule has 0 aromatic rings. The maximum absolute atomic E-state index is 4.46. The van der Waals surface area contributed by atoms with E-state index in [9.17, 15) is 0 Å². The molecule has 0 spiro atoms. The van der Waals surface area contributed by atoms with Gasteiger partial charge in [-0.1, -0.05) is 13.3 Å². The van der Waals surface area contributed by atoms with Crippen molar-refractivity contribution in [1.29, 1.82) is 0 Å². The van der Waals surface area contributed by atoms with Gasteiger partial charge in [0.2, 0.25) is 0 Å². The Morgan fingerprint density at radius 3 is 2.38 bits per heavy atom. The first-order valence-corrected chi connectivity index (χ1v) is 9.80. The van der Waals surface area contributed by atoms with E-state index in [0.29, 0.717) is 18.0 Å². The molecule has 2 unspecified atom stereocenters. The minimum atomic E-state index is 0.170. The number of guanidine groups is 1. The zero-order chi connectivity index (χ0) is 17.7. The normalized spacial score (nSPS) is 27.7. The third-order valence-electron chi connectivity index (χ3n) is 5.82. The SMILES string of the molecule is CN=C(NCC(C)(C)N1CCCCC1)NC1CN(C(C)C)CC1C. The van der Waals surface area contributed by atoms with Gasteiger partial charge in [0.25, 0.3) is 0 Å². The first-order valence-electron chi connectivity index (χ1n) is 9.80. The molecule has 0 aromatic carbocycles. The van der Waals surface area contributed by atoms with E-state index < -0.39 is 0 Å². The van der Waals surface area contributed by atoms with Crippen molar-refractivity contribution in [2.45, 2.75) is 71.5 Å². The van der Waals surface area contributed by atoms with Crippen molar-refractivity contribution >= 4 is 5.96 Å². The van der Waals surface area contributed by atoms with E-state index in [0.717, 1.165) is 19.0 Å². The van der Waals surface area contributed by atoms with Crippen LogP contribution in [0.2, 0.25) is 0 Å². The number of likely N-dealkylation sites (tertiary alicyclic amines) is 2. The summed E-state index contributed by atoms with van der Waals surface area (Å²) in [5.74, 6) is 1.60. The van der Waals surface area contributed by atoms with Gasteiger partial charge in [0.15, 0.2) is 5.96 Å². The van der Waals surface area contributed by atoms with Crippen molar-refractivity contribution < 1.29 is 0 Å². The van der Waals surface area contributed by atoms with Crippen LogP contribution in [0.15, 0.2) is 4.99 Å². The van der Waals surface area contributed by atoms with Crippen molar-refractivity contribution in [3.63, 3.8) is 0 Å². The van der Waals surface area contributed by atoms with Gasteiger partial charge in [-0.05, 0) is 59.5 Å². The van der Waals surface area contributed by atoms with Crippen LogP contribution >= 0.6 is 0 Å². The van der Waals surface area contributed by atoms with E-state index in [1.165, 1.54) is 38.9 Å². The van der Waals surface area contributed by atoms with Gasteiger partial charge in [0.05, 0.1) is 0 Å². The monoisotopic (exact) mass is 337 g/mol. The lowest BCUT2D eigenvalue weighted by Crippen LogP contribution is -2.56. The second-order valence-electron chi connectivity index (χ2n) is 8.56. The molecule has 0 aliphatic carbocycles. The maximum Gasteiger partial charge on any atom is 0.191 e. The minimum absolute atomic E-state index is 0.170. The molecule has 5 heteroatoms. The molecule has 0 aromatic heterocycles. The van der Waals surface area contributed by atoms with Crippen LogP contribution in [0.5, 0.6) is 0 Å². The number of rotatable bonds is 5. The third-order valence-corrected chi connectivity index (χ3v) is 5.82. The van der Waals surface area contributed by atoms with Crippen molar-refractivity contribution in [3.8, 4) is 0 Å². The van der Waals surface area contributed by atoms with Gasteiger partial charge in [-0.25, -0.2) is 0 Å². The van der Waals surface area contributed by atoms with Crippen molar-refractivity contribution in [1.82, 2.24) is 20.4 Å². The molecule has 2 saturated heterocycles. The van der Waals surface area contributed by atoms with Gasteiger partial charge in [0.1, 0.15) is 0 Å². The van der Waals surface area contributed by atoms with Gasteiger partial charge >= 0.3 is 0 Å². The highest BCUT2D eigenvalue weighted by atomic mass is 15.3. The Balaban J connectivity index is 1.84. The van der Waals surface area contributed by atoms with E-state index in [1.54, 1.807) is 0 Å². The van der Waals surface area contributed by atoms with Crippen LogP contribution in [0, 0.1) is 5.92 Å². The lowest BCUT2D eigenvalue weighted by Gasteiger charge is -2.41. The smallest absolute Gasteiger partial charge is 0.191 e. The number of nitrogens with zero attached hydrogens (tertiary/aromatic N) is 3. The van der Waals surface area contributed by atoms with Crippen LogP contribution < -0.4 is 10.6 Å². The summed E-state index contributed by atoms with van der Waals surface area (Å²) in [4.78, 5) is 9.63. The van der Waals surface area contributed by atoms with E-state index in [4.69, 9.17) is 0 Å². The van der Waals surface area contributed by atoms with Gasteiger partial charge in [-0.3, -0.25) is 14.8 Å². The van der Waals surface area contributed by atoms with Crippen LogP contribution in [-0.2, 0) is 0 Å². The van der Waals surface area contributed by atoms with Crippen molar-refractivity contribution in [2.24, 2.45) is 10.9 Å². The number of hydrogen-bond donors (Lipinski definition) is 2. The Kier molecular flexibility index (Phi) is 6.93. The highest BCUT2D eigenvalue weighted by Gasteiger charge is 2.32. The standard InChI is InChI=1S/C19H39N5/c1-15(2)23-12-16(3)17(13-23)22-18(20-6)21-14-19(4,5)24-10-8-7-9-11-24/h15-17H,7-14H2,1-6H3,(H2,20,21,22). The number of piperidine rings is 1. The largest absolute Gasteiger partial charge is 0.355 e. The fourth-order valence-corrected chi connectivity index (χ4v) is 3.90. The molecule has 5 nitrogen and oxygen atoms in total. The molecule has 2 rings (SSSR count).